The average Bonchev–Trinajstić information content (AvgIpc) is 3.12. The van der Waals surface area contributed by atoms with Crippen LogP contribution in [0.2, 0.25) is 0 Å². The number of nitrogen functional groups attached to an aromatic ring is 1. The molecule has 140 valence electrons. The molecule has 0 radical (unpaired) electrons. The van der Waals surface area contributed by atoms with E-state index >= 15 is 0 Å². The second-order valence-electron chi connectivity index (χ2n) is 6.81. The highest BCUT2D eigenvalue weighted by Crippen LogP contribution is 2.23. The second-order valence-corrected chi connectivity index (χ2v) is 6.81. The molecule has 0 unspecified atom stereocenters. The van der Waals surface area contributed by atoms with Crippen molar-refractivity contribution in [2.75, 3.05) is 23.7 Å². The van der Waals surface area contributed by atoms with Gasteiger partial charge in [-0.3, -0.25) is 0 Å². The Bertz CT molecular complexity index is 937. The molecule has 0 spiro atoms. The lowest BCUT2D eigenvalue weighted by Crippen LogP contribution is -2.32. The first-order chi connectivity index (χ1) is 13.1. The Hall–Kier alpha value is -3.10. The van der Waals surface area contributed by atoms with Gasteiger partial charge in [0.15, 0.2) is 0 Å². The van der Waals surface area contributed by atoms with Crippen LogP contribution in [-0.2, 0) is 6.42 Å². The molecule has 1 aliphatic heterocycles. The molecule has 4 rings (SSSR count). The van der Waals surface area contributed by atoms with Crippen molar-refractivity contribution in [3.05, 3.63) is 41.5 Å². The van der Waals surface area contributed by atoms with Crippen LogP contribution < -0.4 is 10.6 Å². The molecule has 9 heteroatoms. The molecule has 0 amide bonds. The molecule has 0 bridgehead atoms. The maximum absolute atomic E-state index is 13.4. The minimum absolute atomic E-state index is 0.0598. The molecule has 1 aliphatic rings. The second kappa shape index (κ2) is 7.26. The number of anilines is 2. The van der Waals surface area contributed by atoms with Crippen LogP contribution in [0.1, 0.15) is 31.2 Å². The van der Waals surface area contributed by atoms with Crippen molar-refractivity contribution in [1.82, 2.24) is 25.1 Å². The van der Waals surface area contributed by atoms with Crippen LogP contribution in [0.5, 0.6) is 0 Å². The standard InChI is InChI=1S/C18H20FN7O/c1-11-5-7-26(8-6-11)18-24-16(25-27-18)15-21-14(22-17(20)23-15)10-12-3-2-4-13(19)9-12/h2-4,9,11H,5-8,10H2,1H3,(H2,20,21,22,23). The van der Waals surface area contributed by atoms with Crippen molar-refractivity contribution in [1.29, 1.82) is 0 Å². The third-order valence-electron chi connectivity index (χ3n) is 4.62. The molecule has 1 saturated heterocycles. The fraction of sp³-hybridized carbons (Fsp3) is 0.389. The van der Waals surface area contributed by atoms with Crippen LogP contribution in [0.4, 0.5) is 16.4 Å². The summed E-state index contributed by atoms with van der Waals surface area (Å²) >= 11 is 0. The largest absolute Gasteiger partial charge is 0.368 e. The summed E-state index contributed by atoms with van der Waals surface area (Å²) in [4.78, 5) is 19.1. The zero-order valence-corrected chi connectivity index (χ0v) is 15.0. The van der Waals surface area contributed by atoms with E-state index in [1.54, 1.807) is 12.1 Å². The molecular weight excluding hydrogens is 349 g/mol. The monoisotopic (exact) mass is 369 g/mol. The summed E-state index contributed by atoms with van der Waals surface area (Å²) in [7, 11) is 0. The number of hydrogen-bond acceptors (Lipinski definition) is 8. The predicted molar refractivity (Wildman–Crippen MR) is 97.3 cm³/mol. The van der Waals surface area contributed by atoms with Crippen molar-refractivity contribution in [2.24, 2.45) is 5.92 Å². The topological polar surface area (TPSA) is 107 Å². The van der Waals surface area contributed by atoms with Gasteiger partial charge in [-0.15, -0.1) is 0 Å². The van der Waals surface area contributed by atoms with E-state index < -0.39 is 0 Å². The first-order valence-electron chi connectivity index (χ1n) is 8.91. The van der Waals surface area contributed by atoms with Crippen LogP contribution in [0, 0.1) is 11.7 Å². The van der Waals surface area contributed by atoms with E-state index in [9.17, 15) is 4.39 Å². The van der Waals surface area contributed by atoms with Gasteiger partial charge in [-0.25, -0.2) is 9.37 Å². The van der Waals surface area contributed by atoms with Crippen molar-refractivity contribution in [3.8, 4) is 11.6 Å². The average molecular weight is 369 g/mol. The summed E-state index contributed by atoms with van der Waals surface area (Å²) in [6.07, 6.45) is 2.51. The molecule has 1 fully saturated rings. The lowest BCUT2D eigenvalue weighted by Gasteiger charge is -2.28. The van der Waals surface area contributed by atoms with Crippen LogP contribution in [0.25, 0.3) is 11.6 Å². The van der Waals surface area contributed by atoms with Gasteiger partial charge in [0.05, 0.1) is 0 Å². The Morgan fingerprint density at radius 2 is 1.96 bits per heavy atom. The molecule has 2 aromatic heterocycles. The van der Waals surface area contributed by atoms with E-state index in [1.807, 2.05) is 0 Å². The van der Waals surface area contributed by atoms with Gasteiger partial charge in [-0.1, -0.05) is 24.2 Å². The normalized spacial score (nSPS) is 15.3. The fourth-order valence-corrected chi connectivity index (χ4v) is 3.08. The summed E-state index contributed by atoms with van der Waals surface area (Å²) in [6, 6.07) is 6.72. The third kappa shape index (κ3) is 4.02. The zero-order chi connectivity index (χ0) is 18.8. The Morgan fingerprint density at radius 1 is 1.15 bits per heavy atom. The van der Waals surface area contributed by atoms with Crippen LogP contribution in [0.3, 0.4) is 0 Å². The highest BCUT2D eigenvalue weighted by atomic mass is 19.1. The number of nitrogens with two attached hydrogens (primary N) is 1. The van der Waals surface area contributed by atoms with Gasteiger partial charge >= 0.3 is 6.01 Å². The Kier molecular flexibility index (Phi) is 4.66. The number of piperidine rings is 1. The predicted octanol–water partition coefficient (Wildman–Crippen LogP) is 2.47. The molecule has 0 atom stereocenters. The molecule has 0 aliphatic carbocycles. The lowest BCUT2D eigenvalue weighted by molar-refractivity contribution is 0.376. The van der Waals surface area contributed by atoms with Crippen LogP contribution in [-0.4, -0.2) is 38.2 Å². The number of hydrogen-bond donors (Lipinski definition) is 1. The number of benzene rings is 1. The van der Waals surface area contributed by atoms with Gasteiger partial charge in [0.25, 0.3) is 0 Å². The van der Waals surface area contributed by atoms with Crippen LogP contribution >= 0.6 is 0 Å². The molecule has 27 heavy (non-hydrogen) atoms. The van der Waals surface area contributed by atoms with E-state index in [4.69, 9.17) is 10.3 Å². The SMILES string of the molecule is CC1CCN(c2nc(-c3nc(N)nc(Cc4cccc(F)c4)n3)no2)CC1. The Labute approximate surface area is 155 Å². The highest BCUT2D eigenvalue weighted by molar-refractivity contribution is 5.47. The molecule has 2 N–H and O–H groups in total. The van der Waals surface area contributed by atoms with Crippen molar-refractivity contribution < 1.29 is 8.91 Å². The summed E-state index contributed by atoms with van der Waals surface area (Å²) < 4.78 is 18.8. The summed E-state index contributed by atoms with van der Waals surface area (Å²) in [6.45, 7) is 4.00. The maximum Gasteiger partial charge on any atom is 0.324 e. The smallest absolute Gasteiger partial charge is 0.324 e. The van der Waals surface area contributed by atoms with E-state index in [2.05, 4.69) is 36.9 Å². The van der Waals surface area contributed by atoms with Gasteiger partial charge in [-0.05, 0) is 36.5 Å². The Morgan fingerprint density at radius 3 is 2.74 bits per heavy atom. The summed E-state index contributed by atoms with van der Waals surface area (Å²) in [5.74, 6) is 1.38. The van der Waals surface area contributed by atoms with E-state index in [-0.39, 0.29) is 23.4 Å². The van der Waals surface area contributed by atoms with Gasteiger partial charge in [-0.2, -0.15) is 15.0 Å². The van der Waals surface area contributed by atoms with E-state index in [1.165, 1.54) is 12.1 Å². The molecule has 3 heterocycles. The first kappa shape index (κ1) is 17.3. The Balaban J connectivity index is 1.56. The summed E-state index contributed by atoms with van der Waals surface area (Å²) in [5.41, 5.74) is 6.55. The van der Waals surface area contributed by atoms with E-state index in [0.717, 1.165) is 31.5 Å². The van der Waals surface area contributed by atoms with Gasteiger partial charge < -0.3 is 15.2 Å². The highest BCUT2D eigenvalue weighted by Gasteiger charge is 2.22. The number of nitrogens with zero attached hydrogens (tertiary/aromatic N) is 6. The van der Waals surface area contributed by atoms with Crippen molar-refractivity contribution in [3.63, 3.8) is 0 Å². The molecule has 8 nitrogen and oxygen atoms in total. The molecular formula is C18H20FN7O. The number of rotatable bonds is 4. The lowest BCUT2D eigenvalue weighted by atomic mass is 10.00. The number of aromatic nitrogens is 5. The molecule has 1 aromatic carbocycles. The van der Waals surface area contributed by atoms with Crippen LogP contribution in [0.15, 0.2) is 28.8 Å². The quantitative estimate of drug-likeness (QED) is 0.747. The summed E-state index contributed by atoms with van der Waals surface area (Å²) in [5, 5.41) is 3.99. The van der Waals surface area contributed by atoms with E-state index in [0.29, 0.717) is 24.2 Å². The molecule has 3 aromatic rings. The van der Waals surface area contributed by atoms with Crippen molar-refractivity contribution in [2.45, 2.75) is 26.2 Å². The van der Waals surface area contributed by atoms with Gasteiger partial charge in [0.1, 0.15) is 11.6 Å². The first-order valence-corrected chi connectivity index (χ1v) is 8.91. The fourth-order valence-electron chi connectivity index (χ4n) is 3.08. The third-order valence-corrected chi connectivity index (χ3v) is 4.62. The minimum Gasteiger partial charge on any atom is -0.368 e. The van der Waals surface area contributed by atoms with Gasteiger partial charge in [0.2, 0.25) is 17.6 Å². The maximum atomic E-state index is 13.4. The van der Waals surface area contributed by atoms with Crippen molar-refractivity contribution >= 4 is 12.0 Å². The molecule has 0 saturated carbocycles. The zero-order valence-electron chi connectivity index (χ0n) is 15.0. The van der Waals surface area contributed by atoms with Gasteiger partial charge in [0, 0.05) is 19.5 Å². The number of halogens is 1. The minimum atomic E-state index is -0.312.